The second kappa shape index (κ2) is 10.4. The molecule has 5 rings (SSSR count). The van der Waals surface area contributed by atoms with Gasteiger partial charge in [0.2, 0.25) is 0 Å². The number of carboxylic acids is 1. The van der Waals surface area contributed by atoms with Gasteiger partial charge in [0.1, 0.15) is 24.2 Å². The summed E-state index contributed by atoms with van der Waals surface area (Å²) >= 11 is 6.10. The van der Waals surface area contributed by atoms with Crippen LogP contribution in [0.5, 0.6) is 11.5 Å². The Morgan fingerprint density at radius 3 is 2.60 bits per heavy atom. The molecule has 7 nitrogen and oxygen atoms in total. The molecule has 1 atom stereocenters. The summed E-state index contributed by atoms with van der Waals surface area (Å²) in [6, 6.07) is 15.1. The lowest BCUT2D eigenvalue weighted by Gasteiger charge is -2.33. The van der Waals surface area contributed by atoms with Crippen molar-refractivity contribution in [1.29, 1.82) is 0 Å². The van der Waals surface area contributed by atoms with Crippen LogP contribution in [0.15, 0.2) is 60.7 Å². The average molecular weight is 573 g/mol. The SMILES string of the molecule is Cc1c(CC(=O)O)c2cc(Cl)ccc2n1C(=O)c1ccc(OC[C@@H]2CN(C)c3ccccc3O2)c(C(F)(F)F)c1. The molecule has 0 unspecified atom stereocenters. The summed E-state index contributed by atoms with van der Waals surface area (Å²) in [6.07, 6.45) is -5.71. The van der Waals surface area contributed by atoms with E-state index in [1.807, 2.05) is 30.1 Å². The highest BCUT2D eigenvalue weighted by molar-refractivity contribution is 6.31. The highest BCUT2D eigenvalue weighted by atomic mass is 35.5. The van der Waals surface area contributed by atoms with Gasteiger partial charge in [-0.1, -0.05) is 23.7 Å². The lowest BCUT2D eigenvalue weighted by Crippen LogP contribution is -2.41. The molecular weight excluding hydrogens is 549 g/mol. The predicted octanol–water partition coefficient (Wildman–Crippen LogP) is 6.21. The number of rotatable bonds is 6. The minimum atomic E-state index is -4.81. The number of aromatic nitrogens is 1. The Labute approximate surface area is 232 Å². The van der Waals surface area contributed by atoms with E-state index in [0.717, 1.165) is 17.8 Å². The molecule has 1 aliphatic rings. The fraction of sp³-hybridized carbons (Fsp3) is 0.241. The van der Waals surface area contributed by atoms with Gasteiger partial charge in [-0.25, -0.2) is 0 Å². The van der Waals surface area contributed by atoms with E-state index in [0.29, 0.717) is 39.5 Å². The van der Waals surface area contributed by atoms with Gasteiger partial charge in [0, 0.05) is 28.7 Å². The maximum atomic E-state index is 14.1. The number of carboxylic acid groups (broad SMARTS) is 1. The summed E-state index contributed by atoms with van der Waals surface area (Å²) < 4.78 is 55.1. The van der Waals surface area contributed by atoms with E-state index < -0.39 is 35.5 Å². The van der Waals surface area contributed by atoms with E-state index in [4.69, 9.17) is 21.1 Å². The van der Waals surface area contributed by atoms with Crippen molar-refractivity contribution in [2.45, 2.75) is 25.6 Å². The quantitative estimate of drug-likeness (QED) is 0.296. The van der Waals surface area contributed by atoms with Gasteiger partial charge >= 0.3 is 12.1 Å². The first-order chi connectivity index (χ1) is 18.9. The molecule has 1 N–H and O–H groups in total. The van der Waals surface area contributed by atoms with Crippen LogP contribution in [0.4, 0.5) is 18.9 Å². The number of alkyl halides is 3. The van der Waals surface area contributed by atoms with Gasteiger partial charge in [-0.05, 0) is 61.0 Å². The number of benzene rings is 3. The second-order valence-corrected chi connectivity index (χ2v) is 9.98. The van der Waals surface area contributed by atoms with Gasteiger partial charge in [0.05, 0.1) is 29.7 Å². The Balaban J connectivity index is 1.46. The van der Waals surface area contributed by atoms with Crippen molar-refractivity contribution in [1.82, 2.24) is 4.57 Å². The zero-order valence-electron chi connectivity index (χ0n) is 21.5. The fourth-order valence-electron chi connectivity index (χ4n) is 4.99. The normalized spacial score (nSPS) is 15.1. The van der Waals surface area contributed by atoms with E-state index in [9.17, 15) is 27.9 Å². The molecular formula is C29H24ClF3N2O5. The number of aliphatic carboxylic acids is 1. The van der Waals surface area contributed by atoms with E-state index in [2.05, 4.69) is 0 Å². The minimum Gasteiger partial charge on any atom is -0.489 e. The third-order valence-electron chi connectivity index (χ3n) is 6.83. The topological polar surface area (TPSA) is 81.0 Å². The van der Waals surface area contributed by atoms with Crippen molar-refractivity contribution < 1.29 is 37.3 Å². The Bertz CT molecular complexity index is 1630. The number of hydrogen-bond acceptors (Lipinski definition) is 5. The number of fused-ring (bicyclic) bond motifs is 2. The van der Waals surface area contributed by atoms with Crippen molar-refractivity contribution >= 4 is 40.1 Å². The molecule has 0 bridgehead atoms. The number of anilines is 1. The van der Waals surface area contributed by atoms with E-state index in [1.165, 1.54) is 28.8 Å². The molecule has 208 valence electrons. The molecule has 0 saturated heterocycles. The third kappa shape index (κ3) is 5.19. The molecule has 40 heavy (non-hydrogen) atoms. The van der Waals surface area contributed by atoms with Crippen molar-refractivity contribution in [3.05, 3.63) is 88.1 Å². The Kier molecular flexibility index (Phi) is 7.14. The summed E-state index contributed by atoms with van der Waals surface area (Å²) in [4.78, 5) is 27.0. The fourth-order valence-corrected chi connectivity index (χ4v) is 5.17. The van der Waals surface area contributed by atoms with Gasteiger partial charge in [-0.2, -0.15) is 13.2 Å². The molecule has 0 amide bonds. The largest absolute Gasteiger partial charge is 0.489 e. The summed E-state index contributed by atoms with van der Waals surface area (Å²) in [7, 11) is 1.86. The molecule has 0 spiro atoms. The number of likely N-dealkylation sites (N-methyl/N-ethyl adjacent to an activating group) is 1. The minimum absolute atomic E-state index is 0.143. The first kappa shape index (κ1) is 27.4. The van der Waals surface area contributed by atoms with Crippen LogP contribution in [0.3, 0.4) is 0 Å². The van der Waals surface area contributed by atoms with Crippen LogP contribution in [0.2, 0.25) is 5.02 Å². The standard InChI is InChI=1S/C29H24ClF3N2O5/c1-16-20(13-27(36)37)21-12-18(30)8-9-23(21)35(16)28(38)17-7-10-25(22(11-17)29(31,32)33)39-15-19-14-34(2)24-5-3-4-6-26(24)40-19/h3-12,19H,13-15H2,1-2H3,(H,36,37)/t19-/m0/s1. The van der Waals surface area contributed by atoms with Gasteiger partial charge in [-0.3, -0.25) is 14.2 Å². The van der Waals surface area contributed by atoms with Gasteiger partial charge < -0.3 is 19.5 Å². The third-order valence-corrected chi connectivity index (χ3v) is 7.07. The van der Waals surface area contributed by atoms with Crippen LogP contribution >= 0.6 is 11.6 Å². The van der Waals surface area contributed by atoms with Crippen molar-refractivity contribution in [2.24, 2.45) is 0 Å². The second-order valence-electron chi connectivity index (χ2n) is 9.54. The van der Waals surface area contributed by atoms with Crippen LogP contribution in [-0.4, -0.2) is 47.9 Å². The van der Waals surface area contributed by atoms with Gasteiger partial charge in [0.15, 0.2) is 0 Å². The van der Waals surface area contributed by atoms with Crippen LogP contribution in [0.1, 0.15) is 27.2 Å². The first-order valence-corrected chi connectivity index (χ1v) is 12.7. The Morgan fingerprint density at radius 2 is 1.88 bits per heavy atom. The van der Waals surface area contributed by atoms with Crippen LogP contribution < -0.4 is 14.4 Å². The monoisotopic (exact) mass is 572 g/mol. The van der Waals surface area contributed by atoms with Crippen LogP contribution in [-0.2, 0) is 17.4 Å². The number of ether oxygens (including phenoxy) is 2. The number of nitrogens with zero attached hydrogens (tertiary/aromatic N) is 2. The summed E-state index contributed by atoms with van der Waals surface area (Å²) in [5, 5.41) is 10.1. The van der Waals surface area contributed by atoms with Gasteiger partial charge in [-0.15, -0.1) is 0 Å². The number of halogens is 4. The smallest absolute Gasteiger partial charge is 0.419 e. The molecule has 4 aromatic rings. The Morgan fingerprint density at radius 1 is 1.12 bits per heavy atom. The number of carbonyl (C=O) groups is 2. The molecule has 2 heterocycles. The highest BCUT2D eigenvalue weighted by Gasteiger charge is 2.36. The van der Waals surface area contributed by atoms with Crippen molar-refractivity contribution in [3.63, 3.8) is 0 Å². The van der Waals surface area contributed by atoms with Crippen LogP contribution in [0, 0.1) is 6.92 Å². The Hall–Kier alpha value is -4.18. The van der Waals surface area contributed by atoms with Crippen LogP contribution in [0.25, 0.3) is 10.9 Å². The molecule has 1 aromatic heterocycles. The number of para-hydroxylation sites is 2. The molecule has 0 aliphatic carbocycles. The summed E-state index contributed by atoms with van der Waals surface area (Å²) in [6.45, 7) is 1.82. The predicted molar refractivity (Wildman–Crippen MR) is 144 cm³/mol. The van der Waals surface area contributed by atoms with E-state index >= 15 is 0 Å². The molecule has 0 radical (unpaired) electrons. The number of carbonyl (C=O) groups excluding carboxylic acids is 1. The molecule has 1 aliphatic heterocycles. The molecule has 0 fully saturated rings. The maximum absolute atomic E-state index is 14.1. The first-order valence-electron chi connectivity index (χ1n) is 12.3. The zero-order chi connectivity index (χ0) is 28.8. The molecule has 11 heteroatoms. The lowest BCUT2D eigenvalue weighted by atomic mass is 10.1. The zero-order valence-corrected chi connectivity index (χ0v) is 22.2. The average Bonchev–Trinajstić information content (AvgIpc) is 3.16. The van der Waals surface area contributed by atoms with Gasteiger partial charge in [0.25, 0.3) is 5.91 Å². The number of hydrogen-bond donors (Lipinski definition) is 1. The summed E-state index contributed by atoms with van der Waals surface area (Å²) in [5.74, 6) is -1.68. The van der Waals surface area contributed by atoms with E-state index in [-0.39, 0.29) is 18.6 Å². The van der Waals surface area contributed by atoms with Crippen molar-refractivity contribution in [3.8, 4) is 11.5 Å². The highest BCUT2D eigenvalue weighted by Crippen LogP contribution is 2.38. The summed E-state index contributed by atoms with van der Waals surface area (Å²) in [5.41, 5.74) is 0.533. The van der Waals surface area contributed by atoms with E-state index in [1.54, 1.807) is 13.0 Å². The molecule has 3 aromatic carbocycles. The molecule has 0 saturated carbocycles. The van der Waals surface area contributed by atoms with Crippen molar-refractivity contribution in [2.75, 3.05) is 25.1 Å². The maximum Gasteiger partial charge on any atom is 0.419 e. The lowest BCUT2D eigenvalue weighted by molar-refractivity contribution is -0.139.